The highest BCUT2D eigenvalue weighted by Gasteiger charge is 2.38. The van der Waals surface area contributed by atoms with E-state index in [1.807, 2.05) is 24.3 Å². The standard InChI is InChI=1S/C28H32N2O5/c31-26(30-25-14-6-13-23(25)27(32)33)18-12-5-7-17(18)15-29-28(34)35-16-24-21-10-3-1-8-19(21)20-9-2-4-11-22(20)24/h1-4,8-11,17-18,23-25H,5-7,12-16H2,(H,29,34)(H,30,31)(H,32,33)/t17-,18-,23-,25+/m1/s1. The highest BCUT2D eigenvalue weighted by atomic mass is 16.5. The summed E-state index contributed by atoms with van der Waals surface area (Å²) in [5, 5.41) is 15.2. The Morgan fingerprint density at radius 2 is 1.49 bits per heavy atom. The molecular weight excluding hydrogens is 444 g/mol. The Balaban J connectivity index is 1.14. The Bertz CT molecular complexity index is 1070. The van der Waals surface area contributed by atoms with Crippen LogP contribution in [0.3, 0.4) is 0 Å². The number of carbonyl (C=O) groups excluding carboxylic acids is 2. The van der Waals surface area contributed by atoms with E-state index in [2.05, 4.69) is 34.9 Å². The van der Waals surface area contributed by atoms with Crippen molar-refractivity contribution in [2.75, 3.05) is 13.2 Å². The number of amides is 2. The lowest BCUT2D eigenvalue weighted by molar-refractivity contribution is -0.142. The van der Waals surface area contributed by atoms with Crippen molar-refractivity contribution >= 4 is 18.0 Å². The van der Waals surface area contributed by atoms with Gasteiger partial charge in [0.15, 0.2) is 0 Å². The van der Waals surface area contributed by atoms with E-state index >= 15 is 0 Å². The molecule has 7 nitrogen and oxygen atoms in total. The van der Waals surface area contributed by atoms with Crippen LogP contribution in [0.15, 0.2) is 48.5 Å². The van der Waals surface area contributed by atoms with Crippen molar-refractivity contribution < 1.29 is 24.2 Å². The van der Waals surface area contributed by atoms with Crippen LogP contribution < -0.4 is 10.6 Å². The number of carboxylic acid groups (broad SMARTS) is 1. The lowest BCUT2D eigenvalue weighted by atomic mass is 9.94. The van der Waals surface area contributed by atoms with Crippen molar-refractivity contribution in [1.29, 1.82) is 0 Å². The van der Waals surface area contributed by atoms with E-state index in [0.29, 0.717) is 19.4 Å². The Hall–Kier alpha value is -3.35. The third-order valence-electron chi connectivity index (χ3n) is 8.01. The van der Waals surface area contributed by atoms with Crippen molar-refractivity contribution in [1.82, 2.24) is 10.6 Å². The quantitative estimate of drug-likeness (QED) is 0.552. The van der Waals surface area contributed by atoms with E-state index in [4.69, 9.17) is 4.74 Å². The van der Waals surface area contributed by atoms with Crippen LogP contribution >= 0.6 is 0 Å². The fourth-order valence-electron chi connectivity index (χ4n) is 6.21. The molecule has 2 fully saturated rings. The van der Waals surface area contributed by atoms with Gasteiger partial charge in [-0.2, -0.15) is 0 Å². The molecule has 2 saturated carbocycles. The average Bonchev–Trinajstić information content (AvgIpc) is 3.59. The van der Waals surface area contributed by atoms with Gasteiger partial charge in [-0.25, -0.2) is 4.79 Å². The highest BCUT2D eigenvalue weighted by molar-refractivity contribution is 5.81. The SMILES string of the molecule is O=C(NC[C@H]1CCC[C@H]1C(=O)N[C@H]1CCC[C@H]1C(=O)O)OCC1c2ccccc2-c2ccccc21. The fourth-order valence-corrected chi connectivity index (χ4v) is 6.21. The lowest BCUT2D eigenvalue weighted by Gasteiger charge is -2.24. The maximum Gasteiger partial charge on any atom is 0.407 e. The smallest absolute Gasteiger partial charge is 0.407 e. The molecule has 0 spiro atoms. The van der Waals surface area contributed by atoms with E-state index in [1.54, 1.807) is 0 Å². The largest absolute Gasteiger partial charge is 0.481 e. The molecule has 2 aromatic rings. The molecule has 7 heteroatoms. The van der Waals surface area contributed by atoms with Gasteiger partial charge in [-0.1, -0.05) is 61.4 Å². The fraction of sp³-hybridized carbons (Fsp3) is 0.464. The molecule has 2 amide bonds. The summed E-state index contributed by atoms with van der Waals surface area (Å²) in [4.78, 5) is 36.9. The van der Waals surface area contributed by atoms with Crippen molar-refractivity contribution in [3.63, 3.8) is 0 Å². The first-order chi connectivity index (χ1) is 17.0. The van der Waals surface area contributed by atoms with Gasteiger partial charge in [-0.15, -0.1) is 0 Å². The summed E-state index contributed by atoms with van der Waals surface area (Å²) in [6, 6.07) is 16.1. The van der Waals surface area contributed by atoms with E-state index in [-0.39, 0.29) is 36.3 Å². The van der Waals surface area contributed by atoms with Crippen LogP contribution in [0, 0.1) is 17.8 Å². The van der Waals surface area contributed by atoms with Gasteiger partial charge in [-0.05, 0) is 53.9 Å². The predicted octanol–water partition coefficient (Wildman–Crippen LogP) is 4.31. The third kappa shape index (κ3) is 4.77. The van der Waals surface area contributed by atoms with Crippen LogP contribution in [-0.4, -0.2) is 42.3 Å². The molecule has 2 aromatic carbocycles. The second-order valence-electron chi connectivity index (χ2n) is 9.99. The number of carbonyl (C=O) groups is 3. The molecule has 35 heavy (non-hydrogen) atoms. The van der Waals surface area contributed by atoms with Gasteiger partial charge in [0, 0.05) is 24.4 Å². The second kappa shape index (κ2) is 10.1. The van der Waals surface area contributed by atoms with Gasteiger partial charge in [0.1, 0.15) is 6.61 Å². The zero-order valence-electron chi connectivity index (χ0n) is 19.7. The number of rotatable bonds is 7. The molecule has 0 aromatic heterocycles. The summed E-state index contributed by atoms with van der Waals surface area (Å²) in [5.74, 6) is -1.60. The molecule has 5 rings (SSSR count). The van der Waals surface area contributed by atoms with Crippen molar-refractivity contribution in [2.45, 2.75) is 50.5 Å². The molecule has 0 aliphatic heterocycles. The van der Waals surface area contributed by atoms with Gasteiger partial charge >= 0.3 is 12.1 Å². The zero-order valence-corrected chi connectivity index (χ0v) is 19.7. The summed E-state index contributed by atoms with van der Waals surface area (Å²) in [6.45, 7) is 0.633. The number of hydrogen-bond donors (Lipinski definition) is 3. The Morgan fingerprint density at radius 1 is 0.857 bits per heavy atom. The monoisotopic (exact) mass is 476 g/mol. The highest BCUT2D eigenvalue weighted by Crippen LogP contribution is 2.44. The lowest BCUT2D eigenvalue weighted by Crippen LogP contribution is -2.45. The summed E-state index contributed by atoms with van der Waals surface area (Å²) >= 11 is 0. The third-order valence-corrected chi connectivity index (χ3v) is 8.01. The van der Waals surface area contributed by atoms with E-state index in [1.165, 1.54) is 22.3 Å². The minimum absolute atomic E-state index is 0.00625. The number of alkyl carbamates (subject to hydrolysis) is 1. The van der Waals surface area contributed by atoms with Gasteiger partial charge in [0.25, 0.3) is 0 Å². The summed E-state index contributed by atoms with van der Waals surface area (Å²) in [6.07, 6.45) is 4.19. The van der Waals surface area contributed by atoms with Gasteiger partial charge in [-0.3, -0.25) is 9.59 Å². The van der Waals surface area contributed by atoms with Crippen LogP contribution in [-0.2, 0) is 14.3 Å². The van der Waals surface area contributed by atoms with E-state index < -0.39 is 18.0 Å². The summed E-state index contributed by atoms with van der Waals surface area (Å²) < 4.78 is 5.63. The van der Waals surface area contributed by atoms with Crippen molar-refractivity contribution in [3.05, 3.63) is 59.7 Å². The van der Waals surface area contributed by atoms with Crippen LogP contribution in [0.4, 0.5) is 4.79 Å². The van der Waals surface area contributed by atoms with E-state index in [0.717, 1.165) is 25.7 Å². The van der Waals surface area contributed by atoms with Gasteiger partial charge in [0.2, 0.25) is 5.91 Å². The maximum absolute atomic E-state index is 12.9. The molecule has 0 radical (unpaired) electrons. The van der Waals surface area contributed by atoms with Gasteiger partial charge < -0.3 is 20.5 Å². The molecule has 184 valence electrons. The Morgan fingerprint density at radius 3 is 2.17 bits per heavy atom. The number of nitrogens with one attached hydrogen (secondary N) is 2. The number of benzene rings is 2. The molecule has 3 aliphatic carbocycles. The Kier molecular flexibility index (Phi) is 6.75. The van der Waals surface area contributed by atoms with Crippen LogP contribution in [0.5, 0.6) is 0 Å². The normalized spacial score (nSPS) is 25.0. The summed E-state index contributed by atoms with van der Waals surface area (Å²) in [5.41, 5.74) is 4.70. The van der Waals surface area contributed by atoms with Crippen LogP contribution in [0.2, 0.25) is 0 Å². The maximum atomic E-state index is 12.9. The predicted molar refractivity (Wildman–Crippen MR) is 131 cm³/mol. The second-order valence-corrected chi connectivity index (χ2v) is 9.99. The summed E-state index contributed by atoms with van der Waals surface area (Å²) in [7, 11) is 0. The molecule has 0 bridgehead atoms. The number of aliphatic carboxylic acids is 1. The molecular formula is C28H32N2O5. The number of hydrogen-bond acceptors (Lipinski definition) is 4. The molecule has 4 atom stereocenters. The number of fused-ring (bicyclic) bond motifs is 3. The van der Waals surface area contributed by atoms with Crippen LogP contribution in [0.1, 0.15) is 55.6 Å². The molecule has 0 heterocycles. The first-order valence-corrected chi connectivity index (χ1v) is 12.6. The number of ether oxygens (including phenoxy) is 1. The minimum Gasteiger partial charge on any atom is -0.481 e. The van der Waals surface area contributed by atoms with E-state index in [9.17, 15) is 19.5 Å². The molecule has 3 N–H and O–H groups in total. The zero-order chi connectivity index (χ0) is 24.4. The molecule has 0 saturated heterocycles. The van der Waals surface area contributed by atoms with Gasteiger partial charge in [0.05, 0.1) is 5.92 Å². The molecule has 3 aliphatic rings. The average molecular weight is 477 g/mol. The number of carboxylic acids is 1. The molecule has 0 unspecified atom stereocenters. The first-order valence-electron chi connectivity index (χ1n) is 12.6. The topological polar surface area (TPSA) is 105 Å². The van der Waals surface area contributed by atoms with Crippen LogP contribution in [0.25, 0.3) is 11.1 Å². The minimum atomic E-state index is -0.840. The van der Waals surface area contributed by atoms with Crippen molar-refractivity contribution in [2.24, 2.45) is 17.8 Å². The Labute approximate surface area is 205 Å². The first kappa shape index (κ1) is 23.4. The van der Waals surface area contributed by atoms with Crippen molar-refractivity contribution in [3.8, 4) is 11.1 Å².